The van der Waals surface area contributed by atoms with Gasteiger partial charge in [0.2, 0.25) is 5.91 Å². The zero-order valence-corrected chi connectivity index (χ0v) is 16.2. The van der Waals surface area contributed by atoms with Gasteiger partial charge in [-0.3, -0.25) is 4.79 Å². The molecule has 26 heavy (non-hydrogen) atoms. The van der Waals surface area contributed by atoms with E-state index in [1.54, 1.807) is 24.3 Å². The van der Waals surface area contributed by atoms with E-state index in [2.05, 4.69) is 25.7 Å². The van der Waals surface area contributed by atoms with Crippen LogP contribution in [0.5, 0.6) is 0 Å². The third-order valence-electron chi connectivity index (χ3n) is 6.25. The minimum Gasteiger partial charge on any atom is -0.462 e. The van der Waals surface area contributed by atoms with Crippen LogP contribution in [0, 0.1) is 22.7 Å². The summed E-state index contributed by atoms with van der Waals surface area (Å²) in [5.74, 6) is 0.542. The molecule has 0 heterocycles. The number of nitrogens with one attached hydrogen (secondary N) is 1. The van der Waals surface area contributed by atoms with Gasteiger partial charge in [0.15, 0.2) is 0 Å². The topological polar surface area (TPSA) is 55.4 Å². The number of fused-ring (bicyclic) bond motifs is 2. The average molecular weight is 355 g/mol. The van der Waals surface area contributed by atoms with Crippen molar-refractivity contribution in [2.45, 2.75) is 47.0 Å². The van der Waals surface area contributed by atoms with Crippen LogP contribution in [0.1, 0.15) is 57.3 Å². The first-order valence-corrected chi connectivity index (χ1v) is 9.45. The summed E-state index contributed by atoms with van der Waals surface area (Å²) in [6, 6.07) is 6.91. The lowest BCUT2D eigenvalue weighted by Gasteiger charge is -2.37. The highest BCUT2D eigenvalue weighted by Crippen LogP contribution is 2.65. The molecule has 0 aliphatic heterocycles. The number of ether oxygens (including phenoxy) is 1. The summed E-state index contributed by atoms with van der Waals surface area (Å²) in [6.45, 7) is 13.1. The molecule has 0 spiro atoms. The van der Waals surface area contributed by atoms with E-state index in [0.717, 1.165) is 24.8 Å². The van der Waals surface area contributed by atoms with E-state index in [9.17, 15) is 9.59 Å². The number of carbonyl (C=O) groups excluding carboxylic acids is 2. The lowest BCUT2D eigenvalue weighted by Crippen LogP contribution is -2.37. The summed E-state index contributed by atoms with van der Waals surface area (Å²) in [7, 11) is 0. The predicted octanol–water partition coefficient (Wildman–Crippen LogP) is 4.82. The Kier molecular flexibility index (Phi) is 4.72. The van der Waals surface area contributed by atoms with Crippen molar-refractivity contribution in [1.82, 2.24) is 0 Å². The van der Waals surface area contributed by atoms with E-state index in [0.29, 0.717) is 29.7 Å². The van der Waals surface area contributed by atoms with Crippen LogP contribution in [0.25, 0.3) is 0 Å². The van der Waals surface area contributed by atoms with Crippen LogP contribution in [0.2, 0.25) is 0 Å². The first kappa shape index (κ1) is 18.7. The van der Waals surface area contributed by atoms with Crippen molar-refractivity contribution in [3.63, 3.8) is 0 Å². The van der Waals surface area contributed by atoms with Crippen molar-refractivity contribution in [3.05, 3.63) is 42.0 Å². The highest BCUT2D eigenvalue weighted by Gasteiger charge is 2.60. The molecule has 3 rings (SSSR count). The van der Waals surface area contributed by atoms with Crippen LogP contribution >= 0.6 is 0 Å². The summed E-state index contributed by atoms with van der Waals surface area (Å²) in [6.07, 6.45) is 2.86. The second-order valence-electron chi connectivity index (χ2n) is 8.75. The van der Waals surface area contributed by atoms with Crippen molar-refractivity contribution in [3.8, 4) is 0 Å². The zero-order chi connectivity index (χ0) is 19.1. The van der Waals surface area contributed by atoms with Crippen LogP contribution in [-0.4, -0.2) is 18.5 Å². The van der Waals surface area contributed by atoms with Crippen LogP contribution < -0.4 is 5.32 Å². The SMILES string of the molecule is C=C1C(C)(C)[C@H]2CC[C@@]1(C(=O)Nc1ccc(C(=O)OCC(C)C)cc1)C2. The first-order valence-electron chi connectivity index (χ1n) is 9.45. The molecule has 2 aliphatic carbocycles. The molecular weight excluding hydrogens is 326 g/mol. The molecule has 2 bridgehead atoms. The Balaban J connectivity index is 1.67. The Hall–Kier alpha value is -2.10. The van der Waals surface area contributed by atoms with Gasteiger partial charge in [-0.05, 0) is 60.8 Å². The van der Waals surface area contributed by atoms with Crippen molar-refractivity contribution < 1.29 is 14.3 Å². The van der Waals surface area contributed by atoms with Crippen LogP contribution in [0.15, 0.2) is 36.4 Å². The lowest BCUT2D eigenvalue weighted by atomic mass is 9.68. The number of esters is 1. The molecule has 1 aromatic rings. The van der Waals surface area contributed by atoms with Gasteiger partial charge in [0, 0.05) is 5.69 Å². The third kappa shape index (κ3) is 3.06. The molecule has 0 unspecified atom stereocenters. The highest BCUT2D eigenvalue weighted by molar-refractivity contribution is 5.99. The van der Waals surface area contributed by atoms with E-state index >= 15 is 0 Å². The molecule has 140 valence electrons. The maximum atomic E-state index is 13.0. The molecule has 4 nitrogen and oxygen atoms in total. The van der Waals surface area contributed by atoms with Crippen LogP contribution in [-0.2, 0) is 9.53 Å². The molecule has 2 fully saturated rings. The van der Waals surface area contributed by atoms with Gasteiger partial charge < -0.3 is 10.1 Å². The Morgan fingerprint density at radius 2 is 1.92 bits per heavy atom. The number of rotatable bonds is 5. The first-order chi connectivity index (χ1) is 12.2. The molecule has 0 saturated heterocycles. The zero-order valence-electron chi connectivity index (χ0n) is 16.2. The summed E-state index contributed by atoms with van der Waals surface area (Å²) >= 11 is 0. The number of amides is 1. The molecule has 2 saturated carbocycles. The lowest BCUT2D eigenvalue weighted by molar-refractivity contribution is -0.123. The number of hydrogen-bond donors (Lipinski definition) is 1. The Labute approximate surface area is 156 Å². The minimum absolute atomic E-state index is 0.0274. The molecule has 1 N–H and O–H groups in total. The number of hydrogen-bond acceptors (Lipinski definition) is 3. The van der Waals surface area contributed by atoms with Gasteiger partial charge in [0.1, 0.15) is 0 Å². The average Bonchev–Trinajstić information content (AvgIpc) is 3.13. The van der Waals surface area contributed by atoms with E-state index in [4.69, 9.17) is 4.74 Å². The summed E-state index contributed by atoms with van der Waals surface area (Å²) in [5, 5.41) is 3.03. The van der Waals surface area contributed by atoms with Gasteiger partial charge in [-0.1, -0.05) is 39.8 Å². The van der Waals surface area contributed by atoms with E-state index in [1.807, 2.05) is 13.8 Å². The number of benzene rings is 1. The summed E-state index contributed by atoms with van der Waals surface area (Å²) in [5.41, 5.74) is 1.84. The van der Waals surface area contributed by atoms with Crippen molar-refractivity contribution >= 4 is 17.6 Å². The summed E-state index contributed by atoms with van der Waals surface area (Å²) in [4.78, 5) is 25.0. The Morgan fingerprint density at radius 3 is 2.46 bits per heavy atom. The van der Waals surface area contributed by atoms with Gasteiger partial charge in [0.05, 0.1) is 17.6 Å². The van der Waals surface area contributed by atoms with Gasteiger partial charge in [-0.15, -0.1) is 0 Å². The van der Waals surface area contributed by atoms with Crippen LogP contribution in [0.4, 0.5) is 5.69 Å². The maximum absolute atomic E-state index is 13.0. The Bertz CT molecular complexity index is 732. The number of anilines is 1. The third-order valence-corrected chi connectivity index (χ3v) is 6.25. The molecule has 0 radical (unpaired) electrons. The minimum atomic E-state index is -0.441. The second-order valence-corrected chi connectivity index (χ2v) is 8.75. The van der Waals surface area contributed by atoms with Gasteiger partial charge in [-0.2, -0.15) is 0 Å². The molecule has 1 amide bonds. The predicted molar refractivity (Wildman–Crippen MR) is 103 cm³/mol. The molecule has 1 aromatic carbocycles. The smallest absolute Gasteiger partial charge is 0.338 e. The fourth-order valence-corrected chi connectivity index (χ4v) is 4.41. The fraction of sp³-hybridized carbons (Fsp3) is 0.545. The monoisotopic (exact) mass is 355 g/mol. The van der Waals surface area contributed by atoms with Gasteiger partial charge >= 0.3 is 5.97 Å². The molecule has 2 aliphatic rings. The van der Waals surface area contributed by atoms with E-state index in [1.165, 1.54) is 0 Å². The van der Waals surface area contributed by atoms with E-state index < -0.39 is 5.41 Å². The van der Waals surface area contributed by atoms with Gasteiger partial charge in [0.25, 0.3) is 0 Å². The van der Waals surface area contributed by atoms with Crippen molar-refractivity contribution in [1.29, 1.82) is 0 Å². The Morgan fingerprint density at radius 1 is 1.27 bits per heavy atom. The van der Waals surface area contributed by atoms with Crippen molar-refractivity contribution in [2.75, 3.05) is 11.9 Å². The van der Waals surface area contributed by atoms with E-state index in [-0.39, 0.29) is 17.3 Å². The quantitative estimate of drug-likeness (QED) is 0.608. The second kappa shape index (κ2) is 6.57. The molecular formula is C22H29NO3. The molecule has 0 aromatic heterocycles. The molecule has 2 atom stereocenters. The maximum Gasteiger partial charge on any atom is 0.338 e. The standard InChI is InChI=1S/C22H29NO3/c1-14(2)13-26-19(24)16-6-8-18(9-7-16)23-20(25)22-11-10-17(12-22)21(4,5)15(22)3/h6-9,14,17H,3,10-13H2,1-2,4-5H3,(H,23,25)/t17-,22+/m0/s1. The molecule has 4 heteroatoms. The summed E-state index contributed by atoms with van der Waals surface area (Å²) < 4.78 is 5.23. The number of carbonyl (C=O) groups is 2. The normalized spacial score (nSPS) is 26.2. The fourth-order valence-electron chi connectivity index (χ4n) is 4.41. The van der Waals surface area contributed by atoms with Crippen molar-refractivity contribution in [2.24, 2.45) is 22.7 Å². The largest absolute Gasteiger partial charge is 0.462 e. The van der Waals surface area contributed by atoms with Gasteiger partial charge in [-0.25, -0.2) is 4.79 Å². The van der Waals surface area contributed by atoms with Crippen LogP contribution in [0.3, 0.4) is 0 Å². The highest BCUT2D eigenvalue weighted by atomic mass is 16.5.